The Morgan fingerprint density at radius 2 is 1.83 bits per heavy atom. The summed E-state index contributed by atoms with van der Waals surface area (Å²) in [4.78, 5) is 20.9. The van der Waals surface area contributed by atoms with Gasteiger partial charge in [0.25, 0.3) is 0 Å². The molecule has 0 unspecified atom stereocenters. The van der Waals surface area contributed by atoms with E-state index in [4.69, 9.17) is 0 Å². The Kier molecular flexibility index (Phi) is 4.75. The third kappa shape index (κ3) is 3.95. The average molecular weight is 409 g/mol. The van der Waals surface area contributed by atoms with Crippen molar-refractivity contribution in [3.8, 4) is 0 Å². The fraction of sp³-hybridized carbons (Fsp3) is 0.200. The molecular weight excluding hydrogens is 390 g/mol. The summed E-state index contributed by atoms with van der Waals surface area (Å²) in [7, 11) is -3.45. The van der Waals surface area contributed by atoms with E-state index in [1.165, 1.54) is 11.9 Å². The summed E-state index contributed by atoms with van der Waals surface area (Å²) in [6, 6.07) is 12.4. The molecule has 0 radical (unpaired) electrons. The van der Waals surface area contributed by atoms with Crippen LogP contribution in [0.5, 0.6) is 0 Å². The monoisotopic (exact) mass is 409 g/mol. The number of carbonyl (C=O) groups excluding carboxylic acids is 1. The summed E-state index contributed by atoms with van der Waals surface area (Å²) in [6.45, 7) is 1.46. The largest absolute Gasteiger partial charge is 0.283 e. The van der Waals surface area contributed by atoms with Crippen LogP contribution in [-0.2, 0) is 14.8 Å². The van der Waals surface area contributed by atoms with Gasteiger partial charge < -0.3 is 0 Å². The zero-order valence-electron chi connectivity index (χ0n) is 15.9. The molecule has 1 atom stereocenters. The van der Waals surface area contributed by atoms with Crippen LogP contribution in [0.2, 0.25) is 0 Å². The minimum Gasteiger partial charge on any atom is -0.283 e. The van der Waals surface area contributed by atoms with E-state index in [-0.39, 0.29) is 11.9 Å². The maximum absolute atomic E-state index is 12.3. The molecule has 2 aromatic carbocycles. The van der Waals surface area contributed by atoms with Gasteiger partial charge in [-0.25, -0.2) is 13.4 Å². The van der Waals surface area contributed by atoms with Gasteiger partial charge in [0.2, 0.25) is 15.9 Å². The van der Waals surface area contributed by atoms with Crippen molar-refractivity contribution in [1.29, 1.82) is 0 Å². The van der Waals surface area contributed by atoms with Crippen LogP contribution in [0.25, 0.3) is 11.0 Å². The number of fused-ring (bicyclic) bond motifs is 1. The first kappa shape index (κ1) is 19.0. The fourth-order valence-electron chi connectivity index (χ4n) is 3.43. The normalized spacial score (nSPS) is 16.7. The quantitative estimate of drug-likeness (QED) is 0.713. The second kappa shape index (κ2) is 7.25. The van der Waals surface area contributed by atoms with E-state index in [1.807, 2.05) is 24.3 Å². The zero-order chi connectivity index (χ0) is 20.6. The fourth-order valence-corrected chi connectivity index (χ4v) is 4.01. The number of sulfonamides is 1. The standard InChI is InChI=1S/C20H19N5O3S/c1-13(26)25-20(14-7-8-17-19(11-14)22-10-9-21-17)12-18(23-25)15-5-3-4-6-16(15)24-29(2,27)28/h3-11,20,24H,12H2,1-2H3/t20-/m0/s1. The van der Waals surface area contributed by atoms with Crippen LogP contribution in [0, 0.1) is 0 Å². The minimum absolute atomic E-state index is 0.196. The second-order valence-electron chi connectivity index (χ2n) is 6.85. The van der Waals surface area contributed by atoms with Gasteiger partial charge in [0, 0.05) is 31.3 Å². The Morgan fingerprint density at radius 3 is 2.55 bits per heavy atom. The van der Waals surface area contributed by atoms with Crippen LogP contribution in [-0.4, -0.2) is 41.3 Å². The van der Waals surface area contributed by atoms with Crippen molar-refractivity contribution in [3.05, 3.63) is 66.0 Å². The van der Waals surface area contributed by atoms with Gasteiger partial charge in [0.1, 0.15) is 0 Å². The van der Waals surface area contributed by atoms with E-state index in [0.717, 1.165) is 22.9 Å². The number of aromatic nitrogens is 2. The number of anilines is 1. The molecule has 0 saturated heterocycles. The zero-order valence-corrected chi connectivity index (χ0v) is 16.7. The first-order chi connectivity index (χ1) is 13.8. The number of nitrogens with zero attached hydrogens (tertiary/aromatic N) is 4. The summed E-state index contributed by atoms with van der Waals surface area (Å²) in [5.41, 5.74) is 4.11. The molecule has 3 aromatic rings. The third-order valence-electron chi connectivity index (χ3n) is 4.64. The highest BCUT2D eigenvalue weighted by molar-refractivity contribution is 7.92. The highest BCUT2D eigenvalue weighted by Crippen LogP contribution is 2.35. The SMILES string of the molecule is CC(=O)N1N=C(c2ccccc2NS(C)(=O)=O)C[C@H]1c1ccc2nccnc2c1. The van der Waals surface area contributed by atoms with Crippen molar-refractivity contribution in [2.45, 2.75) is 19.4 Å². The smallest absolute Gasteiger partial charge is 0.240 e. The number of nitrogens with one attached hydrogen (secondary N) is 1. The summed E-state index contributed by atoms with van der Waals surface area (Å²) < 4.78 is 26.0. The van der Waals surface area contributed by atoms with E-state index in [2.05, 4.69) is 19.8 Å². The molecule has 1 aliphatic heterocycles. The van der Waals surface area contributed by atoms with Crippen LogP contribution >= 0.6 is 0 Å². The number of benzene rings is 2. The van der Waals surface area contributed by atoms with Gasteiger partial charge in [-0.05, 0) is 23.8 Å². The number of hydrogen-bond acceptors (Lipinski definition) is 6. The Bertz CT molecular complexity index is 1240. The predicted molar refractivity (Wildman–Crippen MR) is 111 cm³/mol. The first-order valence-corrected chi connectivity index (χ1v) is 10.9. The van der Waals surface area contributed by atoms with E-state index in [1.54, 1.807) is 30.6 Å². The molecule has 1 aromatic heterocycles. The lowest BCUT2D eigenvalue weighted by atomic mass is 9.97. The summed E-state index contributed by atoms with van der Waals surface area (Å²) >= 11 is 0. The van der Waals surface area contributed by atoms with Gasteiger partial charge in [-0.2, -0.15) is 5.10 Å². The molecule has 1 N–H and O–H groups in total. The van der Waals surface area contributed by atoms with Gasteiger partial charge in [0.15, 0.2) is 0 Å². The van der Waals surface area contributed by atoms with Crippen molar-refractivity contribution < 1.29 is 13.2 Å². The molecule has 29 heavy (non-hydrogen) atoms. The molecular formula is C20H19N5O3S. The number of hydrazone groups is 1. The van der Waals surface area contributed by atoms with Crippen molar-refractivity contribution in [3.63, 3.8) is 0 Å². The first-order valence-electron chi connectivity index (χ1n) is 8.97. The summed E-state index contributed by atoms with van der Waals surface area (Å²) in [6.07, 6.45) is 4.81. The maximum atomic E-state index is 12.3. The van der Waals surface area contributed by atoms with Crippen molar-refractivity contribution in [2.75, 3.05) is 11.0 Å². The van der Waals surface area contributed by atoms with Crippen molar-refractivity contribution in [2.24, 2.45) is 5.10 Å². The lowest BCUT2D eigenvalue weighted by Gasteiger charge is -2.20. The molecule has 1 aliphatic rings. The van der Waals surface area contributed by atoms with Gasteiger partial charge in [-0.15, -0.1) is 0 Å². The highest BCUT2D eigenvalue weighted by Gasteiger charge is 2.32. The lowest BCUT2D eigenvalue weighted by molar-refractivity contribution is -0.130. The molecule has 8 nitrogen and oxygen atoms in total. The van der Waals surface area contributed by atoms with Crippen LogP contribution in [0.4, 0.5) is 5.69 Å². The second-order valence-corrected chi connectivity index (χ2v) is 8.60. The minimum atomic E-state index is -3.45. The van der Waals surface area contributed by atoms with Crippen LogP contribution in [0.3, 0.4) is 0 Å². The maximum Gasteiger partial charge on any atom is 0.240 e. The molecule has 0 aliphatic carbocycles. The molecule has 0 spiro atoms. The molecule has 0 saturated carbocycles. The Balaban J connectivity index is 1.73. The predicted octanol–water partition coefficient (Wildman–Crippen LogP) is 2.70. The topological polar surface area (TPSA) is 105 Å². The number of rotatable bonds is 4. The number of para-hydroxylation sites is 1. The third-order valence-corrected chi connectivity index (χ3v) is 5.24. The average Bonchev–Trinajstić information content (AvgIpc) is 3.12. The van der Waals surface area contributed by atoms with Gasteiger partial charge in [-0.3, -0.25) is 19.5 Å². The lowest BCUT2D eigenvalue weighted by Crippen LogP contribution is -2.24. The Morgan fingerprint density at radius 1 is 1.10 bits per heavy atom. The van der Waals surface area contributed by atoms with Crippen LogP contribution in [0.1, 0.15) is 30.5 Å². The van der Waals surface area contributed by atoms with Crippen molar-refractivity contribution in [1.82, 2.24) is 15.0 Å². The summed E-state index contributed by atoms with van der Waals surface area (Å²) in [5.74, 6) is -0.196. The van der Waals surface area contributed by atoms with E-state index in [9.17, 15) is 13.2 Å². The molecule has 0 fully saturated rings. The molecule has 2 heterocycles. The number of hydrogen-bond donors (Lipinski definition) is 1. The van der Waals surface area contributed by atoms with E-state index >= 15 is 0 Å². The Labute approximate surface area is 168 Å². The van der Waals surface area contributed by atoms with Crippen molar-refractivity contribution >= 4 is 38.4 Å². The van der Waals surface area contributed by atoms with Crippen LogP contribution in [0.15, 0.2) is 60.0 Å². The molecule has 148 valence electrons. The molecule has 4 rings (SSSR count). The van der Waals surface area contributed by atoms with E-state index < -0.39 is 10.0 Å². The van der Waals surface area contributed by atoms with Gasteiger partial charge >= 0.3 is 0 Å². The molecule has 9 heteroatoms. The van der Waals surface area contributed by atoms with Crippen LogP contribution < -0.4 is 4.72 Å². The van der Waals surface area contributed by atoms with Gasteiger partial charge in [0.05, 0.1) is 34.7 Å². The Hall–Kier alpha value is -3.33. The molecule has 1 amide bonds. The van der Waals surface area contributed by atoms with E-state index in [0.29, 0.717) is 23.4 Å². The highest BCUT2D eigenvalue weighted by atomic mass is 32.2. The summed E-state index contributed by atoms with van der Waals surface area (Å²) in [5, 5.41) is 5.95. The number of amides is 1. The molecule has 0 bridgehead atoms. The van der Waals surface area contributed by atoms with Gasteiger partial charge in [-0.1, -0.05) is 24.3 Å². The number of carbonyl (C=O) groups is 1.